The highest BCUT2D eigenvalue weighted by atomic mass is 16.2. The van der Waals surface area contributed by atoms with E-state index in [1.54, 1.807) is 7.05 Å². The lowest BCUT2D eigenvalue weighted by Crippen LogP contribution is -2.53. The molecule has 90 valence electrons. The first-order chi connectivity index (χ1) is 7.97. The second kappa shape index (κ2) is 3.89. The molecule has 0 unspecified atom stereocenters. The lowest BCUT2D eigenvalue weighted by molar-refractivity contribution is -0.135. The number of imide groups is 1. The molecular weight excluding hydrogens is 226 g/mol. The van der Waals surface area contributed by atoms with E-state index >= 15 is 0 Å². The first kappa shape index (κ1) is 11.1. The second-order valence-corrected chi connectivity index (χ2v) is 3.74. The van der Waals surface area contributed by atoms with E-state index < -0.39 is 17.7 Å². The number of nitrogens with zero attached hydrogens (tertiary/aromatic N) is 3. The Hall–Kier alpha value is -2.38. The van der Waals surface area contributed by atoms with Crippen LogP contribution in [0.15, 0.2) is 6.20 Å². The summed E-state index contributed by atoms with van der Waals surface area (Å²) < 4.78 is 1.40. The number of amides is 3. The van der Waals surface area contributed by atoms with Crippen molar-refractivity contribution in [2.75, 3.05) is 18.8 Å². The maximum Gasteiger partial charge on any atom is 0.277 e. The topological polar surface area (TPSA) is 110 Å². The van der Waals surface area contributed by atoms with Gasteiger partial charge in [0.15, 0.2) is 5.69 Å². The zero-order chi connectivity index (χ0) is 12.6. The van der Waals surface area contributed by atoms with Crippen molar-refractivity contribution in [1.82, 2.24) is 20.0 Å². The Labute approximate surface area is 96.4 Å². The summed E-state index contributed by atoms with van der Waals surface area (Å²) in [4.78, 5) is 35.3. The summed E-state index contributed by atoms with van der Waals surface area (Å²) in [6.07, 6.45) is 1.49. The van der Waals surface area contributed by atoms with E-state index in [9.17, 15) is 14.4 Å². The summed E-state index contributed by atoms with van der Waals surface area (Å²) in [6, 6.07) is 0. The van der Waals surface area contributed by atoms with Crippen LogP contribution in [0.1, 0.15) is 10.5 Å². The summed E-state index contributed by atoms with van der Waals surface area (Å²) in [5, 5.41) is 6.00. The Morgan fingerprint density at radius 3 is 2.47 bits per heavy atom. The van der Waals surface area contributed by atoms with E-state index in [4.69, 9.17) is 5.73 Å². The van der Waals surface area contributed by atoms with Gasteiger partial charge in [0.1, 0.15) is 13.1 Å². The van der Waals surface area contributed by atoms with E-state index in [-0.39, 0.29) is 24.5 Å². The molecule has 1 fully saturated rings. The summed E-state index contributed by atoms with van der Waals surface area (Å²) >= 11 is 0. The molecule has 1 aliphatic heterocycles. The number of aromatic nitrogens is 2. The van der Waals surface area contributed by atoms with E-state index in [2.05, 4.69) is 10.4 Å². The second-order valence-electron chi connectivity index (χ2n) is 3.74. The number of aryl methyl sites for hydroxylation is 1. The number of carbonyl (C=O) groups is 3. The highest BCUT2D eigenvalue weighted by Gasteiger charge is 2.29. The molecule has 2 heterocycles. The molecule has 1 aromatic heterocycles. The number of hydrogen-bond donors (Lipinski definition) is 2. The molecule has 0 bridgehead atoms. The minimum absolute atomic E-state index is 0.0509. The Bertz CT molecular complexity index is 491. The number of nitrogen functional groups attached to an aromatic ring is 1. The zero-order valence-electron chi connectivity index (χ0n) is 9.14. The van der Waals surface area contributed by atoms with Crippen molar-refractivity contribution in [2.45, 2.75) is 0 Å². The number of nitrogens with two attached hydrogens (primary N) is 1. The summed E-state index contributed by atoms with van der Waals surface area (Å²) in [6.45, 7) is -0.332. The van der Waals surface area contributed by atoms with E-state index in [1.807, 2.05) is 0 Å². The maximum absolute atomic E-state index is 12.0. The van der Waals surface area contributed by atoms with Crippen molar-refractivity contribution in [3.8, 4) is 0 Å². The van der Waals surface area contributed by atoms with Crippen LogP contribution >= 0.6 is 0 Å². The quantitative estimate of drug-likeness (QED) is 0.554. The summed E-state index contributed by atoms with van der Waals surface area (Å²) in [7, 11) is 1.63. The van der Waals surface area contributed by atoms with Crippen LogP contribution in [-0.4, -0.2) is 45.5 Å². The molecule has 1 saturated heterocycles. The molecule has 0 aromatic carbocycles. The molecule has 0 spiro atoms. The first-order valence-corrected chi connectivity index (χ1v) is 4.88. The van der Waals surface area contributed by atoms with E-state index in [1.165, 1.54) is 10.9 Å². The molecule has 8 nitrogen and oxygen atoms in total. The van der Waals surface area contributed by atoms with Crippen LogP contribution in [0.2, 0.25) is 0 Å². The van der Waals surface area contributed by atoms with Crippen molar-refractivity contribution in [2.24, 2.45) is 7.05 Å². The van der Waals surface area contributed by atoms with Gasteiger partial charge in [0.05, 0.1) is 5.69 Å². The molecule has 0 saturated carbocycles. The van der Waals surface area contributed by atoms with Crippen molar-refractivity contribution < 1.29 is 14.4 Å². The number of nitrogens with one attached hydrogen (secondary N) is 1. The minimum Gasteiger partial charge on any atom is -0.396 e. The smallest absolute Gasteiger partial charge is 0.277 e. The summed E-state index contributed by atoms with van der Waals surface area (Å²) in [5.41, 5.74) is 5.87. The predicted octanol–water partition coefficient (Wildman–Crippen LogP) is -1.90. The van der Waals surface area contributed by atoms with Gasteiger partial charge in [0, 0.05) is 13.2 Å². The molecule has 0 aliphatic carbocycles. The highest BCUT2D eigenvalue weighted by molar-refractivity contribution is 6.06. The molecule has 1 aliphatic rings. The highest BCUT2D eigenvalue weighted by Crippen LogP contribution is 2.12. The fourth-order valence-electron chi connectivity index (χ4n) is 1.60. The number of carbonyl (C=O) groups excluding carboxylic acids is 3. The van der Waals surface area contributed by atoms with Crippen molar-refractivity contribution >= 4 is 23.4 Å². The average molecular weight is 237 g/mol. The monoisotopic (exact) mass is 237 g/mol. The molecule has 2 rings (SSSR count). The molecule has 17 heavy (non-hydrogen) atoms. The van der Waals surface area contributed by atoms with Crippen LogP contribution < -0.4 is 11.1 Å². The molecular formula is C9H11N5O3. The first-order valence-electron chi connectivity index (χ1n) is 4.88. The zero-order valence-corrected chi connectivity index (χ0v) is 9.14. The predicted molar refractivity (Wildman–Crippen MR) is 56.7 cm³/mol. The average Bonchev–Trinajstić information content (AvgIpc) is 2.55. The Morgan fingerprint density at radius 1 is 1.41 bits per heavy atom. The van der Waals surface area contributed by atoms with Gasteiger partial charge in [0.2, 0.25) is 11.8 Å². The van der Waals surface area contributed by atoms with Crippen LogP contribution in [0.3, 0.4) is 0 Å². The molecule has 8 heteroatoms. The number of piperazine rings is 1. The van der Waals surface area contributed by atoms with Crippen LogP contribution in [0, 0.1) is 0 Å². The third kappa shape index (κ3) is 2.10. The lowest BCUT2D eigenvalue weighted by Gasteiger charge is -2.24. The molecule has 1 aromatic rings. The van der Waals surface area contributed by atoms with Gasteiger partial charge in [0.25, 0.3) is 5.91 Å². The SMILES string of the molecule is Cn1cc(N)c(C(=O)N2CC(=O)NC(=O)C2)n1. The van der Waals surface area contributed by atoms with Gasteiger partial charge >= 0.3 is 0 Å². The van der Waals surface area contributed by atoms with Gasteiger partial charge in [-0.1, -0.05) is 0 Å². The van der Waals surface area contributed by atoms with Gasteiger partial charge in [-0.25, -0.2) is 0 Å². The molecule has 0 radical (unpaired) electrons. The molecule has 3 amide bonds. The third-order valence-electron chi connectivity index (χ3n) is 2.29. The maximum atomic E-state index is 12.0. The lowest BCUT2D eigenvalue weighted by atomic mass is 10.2. The van der Waals surface area contributed by atoms with Gasteiger partial charge in [-0.3, -0.25) is 24.4 Å². The Morgan fingerprint density at radius 2 is 2.00 bits per heavy atom. The number of hydrogen-bond acceptors (Lipinski definition) is 5. The normalized spacial score (nSPS) is 15.9. The van der Waals surface area contributed by atoms with Crippen LogP contribution in [0.4, 0.5) is 5.69 Å². The van der Waals surface area contributed by atoms with Gasteiger partial charge < -0.3 is 10.6 Å². The number of rotatable bonds is 1. The van der Waals surface area contributed by atoms with Gasteiger partial charge in [-0.05, 0) is 0 Å². The van der Waals surface area contributed by atoms with E-state index in [0.717, 1.165) is 4.90 Å². The van der Waals surface area contributed by atoms with Crippen molar-refractivity contribution in [1.29, 1.82) is 0 Å². The summed E-state index contributed by atoms with van der Waals surface area (Å²) in [5.74, 6) is -1.54. The van der Waals surface area contributed by atoms with Crippen LogP contribution in [0.25, 0.3) is 0 Å². The van der Waals surface area contributed by atoms with Crippen LogP contribution in [0.5, 0.6) is 0 Å². The Balaban J connectivity index is 2.23. The standard InChI is InChI=1S/C9H11N5O3/c1-13-2-5(10)8(12-13)9(17)14-3-6(15)11-7(16)4-14/h2H,3-4,10H2,1H3,(H,11,15,16). The van der Waals surface area contributed by atoms with Crippen LogP contribution in [-0.2, 0) is 16.6 Å². The van der Waals surface area contributed by atoms with Crippen molar-refractivity contribution in [3.63, 3.8) is 0 Å². The minimum atomic E-state index is -0.522. The van der Waals surface area contributed by atoms with Gasteiger partial charge in [-0.2, -0.15) is 5.10 Å². The van der Waals surface area contributed by atoms with Crippen molar-refractivity contribution in [3.05, 3.63) is 11.9 Å². The number of anilines is 1. The van der Waals surface area contributed by atoms with Gasteiger partial charge in [-0.15, -0.1) is 0 Å². The fourth-order valence-corrected chi connectivity index (χ4v) is 1.60. The van der Waals surface area contributed by atoms with E-state index in [0.29, 0.717) is 0 Å². The Kier molecular flexibility index (Phi) is 2.54. The fraction of sp³-hybridized carbons (Fsp3) is 0.333. The largest absolute Gasteiger partial charge is 0.396 e. The molecule has 3 N–H and O–H groups in total. The third-order valence-corrected chi connectivity index (χ3v) is 2.29. The molecule has 0 atom stereocenters.